The van der Waals surface area contributed by atoms with Crippen LogP contribution < -0.4 is 4.84 Å². The molecule has 4 heteroatoms. The second kappa shape index (κ2) is 2.35. The van der Waals surface area contributed by atoms with Crippen LogP contribution in [0.5, 0.6) is 0 Å². The van der Waals surface area contributed by atoms with E-state index in [1.54, 1.807) is 4.84 Å². The van der Waals surface area contributed by atoms with Crippen molar-refractivity contribution in [1.29, 1.82) is 0 Å². The zero-order valence-electron chi connectivity index (χ0n) is 2.16. The van der Waals surface area contributed by atoms with Crippen LogP contribution >= 0.6 is 24.0 Å². The standard InChI is InChI=1S/CHClFNS/c2-4-1(3)5/h(H,4,5). The van der Waals surface area contributed by atoms with Gasteiger partial charge in [-0.1, -0.05) is 0 Å². The topological polar surface area (TPSA) is 12.0 Å². The SMILES string of the molecule is FC(=S)NCl. The van der Waals surface area contributed by atoms with Gasteiger partial charge in [0.15, 0.2) is 0 Å². The third-order valence-electron chi connectivity index (χ3n) is 0.0743. The first kappa shape index (κ1) is 5.11. The highest BCUT2D eigenvalue weighted by molar-refractivity contribution is 7.80. The molecule has 0 bridgehead atoms. The highest BCUT2D eigenvalue weighted by Crippen LogP contribution is 1.70. The highest BCUT2D eigenvalue weighted by atomic mass is 35.5. The normalized spacial score (nSPS) is 6.80. The lowest BCUT2D eigenvalue weighted by Gasteiger charge is -1.75. The Morgan fingerprint density at radius 2 is 2.20 bits per heavy atom. The van der Waals surface area contributed by atoms with Gasteiger partial charge in [0.25, 0.3) is 5.24 Å². The number of thiocarbonyl (C=S) groups is 1. The highest BCUT2D eigenvalue weighted by Gasteiger charge is 1.76. The van der Waals surface area contributed by atoms with Gasteiger partial charge in [0.05, 0.1) is 0 Å². The molecule has 0 fully saturated rings. The van der Waals surface area contributed by atoms with Crippen molar-refractivity contribution in [1.82, 2.24) is 4.84 Å². The molecule has 0 aliphatic rings. The number of hydrogen-bond acceptors (Lipinski definition) is 1. The summed E-state index contributed by atoms with van der Waals surface area (Å²) in [5.74, 6) is 0. The van der Waals surface area contributed by atoms with E-state index in [0.717, 1.165) is 0 Å². The van der Waals surface area contributed by atoms with Gasteiger partial charge in [-0.25, -0.2) is 0 Å². The van der Waals surface area contributed by atoms with Crippen LogP contribution in [0.1, 0.15) is 0 Å². The maximum Gasteiger partial charge on any atom is 0.267 e. The molecule has 1 N–H and O–H groups in total. The van der Waals surface area contributed by atoms with E-state index in [-0.39, 0.29) is 0 Å². The summed E-state index contributed by atoms with van der Waals surface area (Å²) >= 11 is 8.36. The Bertz CT molecular complexity index is 46.9. The first-order valence-electron chi connectivity index (χ1n) is 0.832. The van der Waals surface area contributed by atoms with Crippen molar-refractivity contribution >= 4 is 29.2 Å². The monoisotopic (exact) mass is 113 g/mol. The third kappa shape index (κ3) is 4.11. The first-order valence-corrected chi connectivity index (χ1v) is 1.62. The fraction of sp³-hybridized carbons (Fsp3) is 0. The van der Waals surface area contributed by atoms with Crippen molar-refractivity contribution in [2.75, 3.05) is 0 Å². The number of rotatable bonds is 0. The molecule has 0 unspecified atom stereocenters. The van der Waals surface area contributed by atoms with Crippen molar-refractivity contribution in [3.05, 3.63) is 0 Å². The molecule has 5 heavy (non-hydrogen) atoms. The Hall–Kier alpha value is 0.110. The maximum absolute atomic E-state index is 10.9. The van der Waals surface area contributed by atoms with Gasteiger partial charge in [-0.15, -0.1) is 0 Å². The molecule has 0 aromatic rings. The van der Waals surface area contributed by atoms with Gasteiger partial charge in [0.2, 0.25) is 0 Å². The van der Waals surface area contributed by atoms with Crippen LogP contribution in [0, 0.1) is 0 Å². The molecule has 0 aromatic carbocycles. The second-order valence-corrected chi connectivity index (χ2v) is 0.916. The molecule has 0 saturated carbocycles. The first-order chi connectivity index (χ1) is 2.27. The molecule has 0 heterocycles. The van der Waals surface area contributed by atoms with Gasteiger partial charge in [-0.2, -0.15) is 4.39 Å². The minimum atomic E-state index is -0.897. The number of hydrogen-bond donors (Lipinski definition) is 1. The molecule has 0 rings (SSSR count). The minimum Gasteiger partial charge on any atom is -0.265 e. The Labute approximate surface area is 39.2 Å². The van der Waals surface area contributed by atoms with Gasteiger partial charge >= 0.3 is 0 Å². The smallest absolute Gasteiger partial charge is 0.265 e. The lowest BCUT2D eigenvalue weighted by molar-refractivity contribution is 0.803. The van der Waals surface area contributed by atoms with Gasteiger partial charge in [-0.05, 0) is 12.2 Å². The van der Waals surface area contributed by atoms with Crippen LogP contribution in [0.2, 0.25) is 0 Å². The molecule has 0 radical (unpaired) electrons. The molecular weight excluding hydrogens is 113 g/mol. The Morgan fingerprint density at radius 1 is 2.00 bits per heavy atom. The van der Waals surface area contributed by atoms with E-state index in [2.05, 4.69) is 24.0 Å². The summed E-state index contributed by atoms with van der Waals surface area (Å²) in [6.45, 7) is 0. The molecular formula is CHClFNS. The summed E-state index contributed by atoms with van der Waals surface area (Å²) in [6, 6.07) is 0. The van der Waals surface area contributed by atoms with Gasteiger partial charge in [0.1, 0.15) is 0 Å². The predicted molar refractivity (Wildman–Crippen MR) is 22.7 cm³/mol. The molecule has 0 amide bonds. The fourth-order valence-electron chi connectivity index (χ4n) is 0. The van der Waals surface area contributed by atoms with Crippen LogP contribution in [-0.2, 0) is 0 Å². The minimum absolute atomic E-state index is 0.897. The average molecular weight is 114 g/mol. The van der Waals surface area contributed by atoms with E-state index in [1.165, 1.54) is 0 Å². The van der Waals surface area contributed by atoms with Crippen molar-refractivity contribution in [3.63, 3.8) is 0 Å². The van der Waals surface area contributed by atoms with Gasteiger partial charge in [0, 0.05) is 11.8 Å². The molecule has 0 aliphatic carbocycles. The van der Waals surface area contributed by atoms with Crippen molar-refractivity contribution in [3.8, 4) is 0 Å². The summed E-state index contributed by atoms with van der Waals surface area (Å²) in [5.41, 5.74) is 0. The molecule has 1 nitrogen and oxygen atoms in total. The Morgan fingerprint density at radius 3 is 2.20 bits per heavy atom. The number of halogens is 2. The van der Waals surface area contributed by atoms with Crippen molar-refractivity contribution < 1.29 is 4.39 Å². The zero-order chi connectivity index (χ0) is 4.28. The summed E-state index contributed by atoms with van der Waals surface area (Å²) in [4.78, 5) is 1.56. The zero-order valence-corrected chi connectivity index (χ0v) is 3.74. The van der Waals surface area contributed by atoms with Crippen molar-refractivity contribution in [2.24, 2.45) is 0 Å². The van der Waals surface area contributed by atoms with E-state index in [0.29, 0.717) is 0 Å². The predicted octanol–water partition coefficient (Wildman–Crippen LogP) is 0.984. The van der Waals surface area contributed by atoms with Gasteiger partial charge < -0.3 is 0 Å². The van der Waals surface area contributed by atoms with Gasteiger partial charge in [-0.3, -0.25) is 4.84 Å². The largest absolute Gasteiger partial charge is 0.267 e. The number of nitrogens with one attached hydrogen (secondary N) is 1. The quantitative estimate of drug-likeness (QED) is 0.218. The molecule has 0 spiro atoms. The molecule has 0 atom stereocenters. The summed E-state index contributed by atoms with van der Waals surface area (Å²) < 4.78 is 10.9. The Kier molecular flexibility index (Phi) is 2.41. The second-order valence-electron chi connectivity index (χ2n) is 0.368. The molecule has 0 aliphatic heterocycles. The lowest BCUT2D eigenvalue weighted by Crippen LogP contribution is -1.99. The molecule has 0 aromatic heterocycles. The Balaban J connectivity index is 2.85. The van der Waals surface area contributed by atoms with Crippen LogP contribution in [0.25, 0.3) is 0 Å². The van der Waals surface area contributed by atoms with E-state index in [1.807, 2.05) is 0 Å². The van der Waals surface area contributed by atoms with E-state index in [9.17, 15) is 4.39 Å². The van der Waals surface area contributed by atoms with E-state index < -0.39 is 5.24 Å². The molecule has 30 valence electrons. The lowest BCUT2D eigenvalue weighted by atomic mass is 11.5. The van der Waals surface area contributed by atoms with Crippen molar-refractivity contribution in [2.45, 2.75) is 0 Å². The summed E-state index contributed by atoms with van der Waals surface area (Å²) in [7, 11) is 0. The summed E-state index contributed by atoms with van der Waals surface area (Å²) in [6.07, 6.45) is 0. The van der Waals surface area contributed by atoms with Crippen LogP contribution in [0.4, 0.5) is 4.39 Å². The molecule has 0 saturated heterocycles. The van der Waals surface area contributed by atoms with Crippen LogP contribution in [0.3, 0.4) is 0 Å². The maximum atomic E-state index is 10.9. The fourth-order valence-corrected chi connectivity index (χ4v) is 0. The van der Waals surface area contributed by atoms with E-state index in [4.69, 9.17) is 0 Å². The third-order valence-corrected chi connectivity index (χ3v) is 0.454. The van der Waals surface area contributed by atoms with Crippen LogP contribution in [-0.4, -0.2) is 5.24 Å². The summed E-state index contributed by atoms with van der Waals surface area (Å²) in [5, 5.41) is -0.897. The average Bonchev–Trinajstić information content (AvgIpc) is 1.38. The van der Waals surface area contributed by atoms with E-state index >= 15 is 0 Å². The van der Waals surface area contributed by atoms with Crippen LogP contribution in [0.15, 0.2) is 0 Å².